The van der Waals surface area contributed by atoms with E-state index in [1.54, 1.807) is 11.8 Å². The van der Waals surface area contributed by atoms with E-state index in [2.05, 4.69) is 62.0 Å². The van der Waals surface area contributed by atoms with Crippen molar-refractivity contribution in [2.75, 3.05) is 13.7 Å². The smallest absolute Gasteiger partial charge is 0.191 e. The fraction of sp³-hybridized carbons (Fsp3) is 0.375. The minimum Gasteiger partial charge on any atom is -0.376 e. The van der Waals surface area contributed by atoms with Gasteiger partial charge in [-0.2, -0.15) is 0 Å². The van der Waals surface area contributed by atoms with E-state index in [0.717, 1.165) is 61.5 Å². The number of pyridine rings is 1. The highest BCUT2D eigenvalue weighted by molar-refractivity contribution is 7.98. The summed E-state index contributed by atoms with van der Waals surface area (Å²) in [5.41, 5.74) is 1.05. The minimum absolute atomic E-state index is 0.242. The lowest BCUT2D eigenvalue weighted by atomic mass is 10.2. The molecule has 8 heteroatoms. The molecule has 0 aliphatic carbocycles. The highest BCUT2D eigenvalue weighted by Crippen LogP contribution is 2.27. The van der Waals surface area contributed by atoms with Crippen LogP contribution in [-0.2, 0) is 30.1 Å². The van der Waals surface area contributed by atoms with Crippen LogP contribution in [0.15, 0.2) is 59.9 Å². The lowest BCUT2D eigenvalue weighted by Crippen LogP contribution is -2.23. The molecule has 1 unspecified atom stereocenters. The number of hydrogen-bond acceptors (Lipinski definition) is 7. The summed E-state index contributed by atoms with van der Waals surface area (Å²) in [4.78, 5) is 8.11. The molecule has 0 saturated carbocycles. The Morgan fingerprint density at radius 1 is 1.16 bits per heavy atom. The molecule has 1 saturated heterocycles. The number of nitrogens with zero attached hydrogens (tertiary/aromatic N) is 5. The van der Waals surface area contributed by atoms with E-state index in [0.29, 0.717) is 0 Å². The third kappa shape index (κ3) is 5.20. The van der Waals surface area contributed by atoms with Crippen LogP contribution in [-0.4, -0.2) is 44.4 Å². The number of benzene rings is 1. The van der Waals surface area contributed by atoms with Gasteiger partial charge < -0.3 is 9.30 Å². The summed E-state index contributed by atoms with van der Waals surface area (Å²) in [5, 5.41) is 11.4. The zero-order chi connectivity index (χ0) is 21.8. The zero-order valence-electron chi connectivity index (χ0n) is 18.2. The van der Waals surface area contributed by atoms with Gasteiger partial charge in [-0.05, 0) is 49.5 Å². The second-order valence-electron chi connectivity index (χ2n) is 8.18. The van der Waals surface area contributed by atoms with Crippen LogP contribution in [0.2, 0.25) is 0 Å². The van der Waals surface area contributed by atoms with Gasteiger partial charge in [-0.1, -0.05) is 36.0 Å². The Morgan fingerprint density at radius 2 is 2.06 bits per heavy atom. The topological polar surface area (TPSA) is 56.1 Å². The zero-order valence-corrected chi connectivity index (χ0v) is 19.8. The van der Waals surface area contributed by atoms with E-state index in [1.807, 2.05) is 35.7 Å². The summed E-state index contributed by atoms with van der Waals surface area (Å²) in [6.07, 6.45) is 4.30. The Bertz CT molecular complexity index is 1120. The van der Waals surface area contributed by atoms with Gasteiger partial charge >= 0.3 is 0 Å². The molecule has 5 rings (SSSR count). The van der Waals surface area contributed by atoms with Crippen LogP contribution < -0.4 is 0 Å². The summed E-state index contributed by atoms with van der Waals surface area (Å²) in [6.45, 7) is 3.30. The molecule has 3 aromatic heterocycles. The molecule has 32 heavy (non-hydrogen) atoms. The van der Waals surface area contributed by atoms with Gasteiger partial charge in [0.1, 0.15) is 5.82 Å². The molecule has 0 spiro atoms. The van der Waals surface area contributed by atoms with E-state index in [-0.39, 0.29) is 6.10 Å². The monoisotopic (exact) mass is 465 g/mol. The molecule has 1 aliphatic heterocycles. The standard InChI is InChI=1S/C24H27N5OS2/c1-28(15-21-13-18-7-2-3-10-22(18)32-21)16-23-26-27-24(29(23)14-20-9-6-12-30-20)31-17-19-8-4-5-11-25-19/h2-5,7-8,10-11,13,20H,6,9,12,14-17H2,1H3. The van der Waals surface area contributed by atoms with Crippen molar-refractivity contribution in [3.05, 3.63) is 71.1 Å². The number of thiophene rings is 1. The Labute approximate surface area is 196 Å². The van der Waals surface area contributed by atoms with Gasteiger partial charge in [0.15, 0.2) is 5.16 Å². The number of thioether (sulfide) groups is 1. The van der Waals surface area contributed by atoms with Crippen molar-refractivity contribution in [1.29, 1.82) is 0 Å². The third-order valence-electron chi connectivity index (χ3n) is 5.59. The van der Waals surface area contributed by atoms with Crippen molar-refractivity contribution < 1.29 is 4.74 Å². The molecular weight excluding hydrogens is 438 g/mol. The second kappa shape index (κ2) is 10.1. The molecule has 4 aromatic rings. The number of fused-ring (bicyclic) bond motifs is 1. The fourth-order valence-corrected chi connectivity index (χ4v) is 6.04. The van der Waals surface area contributed by atoms with Gasteiger partial charge in [0.25, 0.3) is 0 Å². The van der Waals surface area contributed by atoms with Gasteiger partial charge in [-0.15, -0.1) is 21.5 Å². The maximum atomic E-state index is 5.92. The van der Waals surface area contributed by atoms with Crippen LogP contribution in [0.1, 0.15) is 29.2 Å². The predicted octanol–water partition coefficient (Wildman–Crippen LogP) is 4.99. The molecule has 6 nitrogen and oxygen atoms in total. The second-order valence-corrected chi connectivity index (χ2v) is 10.3. The Balaban J connectivity index is 1.30. The molecule has 1 aliphatic rings. The fourth-order valence-electron chi connectivity index (χ4n) is 4.02. The van der Waals surface area contributed by atoms with Crippen LogP contribution in [0.4, 0.5) is 0 Å². The number of aromatic nitrogens is 4. The summed E-state index contributed by atoms with van der Waals surface area (Å²) in [5.74, 6) is 1.77. The Kier molecular flexibility index (Phi) is 6.83. The van der Waals surface area contributed by atoms with E-state index in [9.17, 15) is 0 Å². The summed E-state index contributed by atoms with van der Waals surface area (Å²) in [7, 11) is 2.15. The summed E-state index contributed by atoms with van der Waals surface area (Å²) in [6, 6.07) is 16.9. The largest absolute Gasteiger partial charge is 0.376 e. The molecule has 0 amide bonds. The summed E-state index contributed by atoms with van der Waals surface area (Å²) >= 11 is 3.56. The maximum absolute atomic E-state index is 5.92. The SMILES string of the molecule is CN(Cc1cc2ccccc2s1)Cc1nnc(SCc2ccccn2)n1CC1CCCO1. The van der Waals surface area contributed by atoms with Crippen LogP contribution in [0.25, 0.3) is 10.1 Å². The quantitative estimate of drug-likeness (QED) is 0.325. The van der Waals surface area contributed by atoms with Gasteiger partial charge in [-0.3, -0.25) is 9.88 Å². The number of rotatable bonds is 9. The molecule has 1 aromatic carbocycles. The molecule has 0 radical (unpaired) electrons. The van der Waals surface area contributed by atoms with Gasteiger partial charge in [0.2, 0.25) is 0 Å². The van der Waals surface area contributed by atoms with Crippen molar-refractivity contribution >= 4 is 33.2 Å². The molecule has 0 bridgehead atoms. The molecule has 1 fully saturated rings. The van der Waals surface area contributed by atoms with E-state index in [1.165, 1.54) is 15.0 Å². The van der Waals surface area contributed by atoms with Crippen LogP contribution >= 0.6 is 23.1 Å². The average Bonchev–Trinajstić information content (AvgIpc) is 3.54. The highest BCUT2D eigenvalue weighted by Gasteiger charge is 2.22. The van der Waals surface area contributed by atoms with Gasteiger partial charge in [0.05, 0.1) is 24.9 Å². The summed E-state index contributed by atoms with van der Waals surface area (Å²) < 4.78 is 9.52. The molecule has 1 atom stereocenters. The predicted molar refractivity (Wildman–Crippen MR) is 130 cm³/mol. The van der Waals surface area contributed by atoms with Crippen molar-refractivity contribution in [2.45, 2.75) is 49.5 Å². The van der Waals surface area contributed by atoms with E-state index >= 15 is 0 Å². The van der Waals surface area contributed by atoms with Crippen molar-refractivity contribution in [3.63, 3.8) is 0 Å². The first-order chi connectivity index (χ1) is 15.7. The average molecular weight is 466 g/mol. The Hall–Kier alpha value is -2.26. The highest BCUT2D eigenvalue weighted by atomic mass is 32.2. The lowest BCUT2D eigenvalue weighted by Gasteiger charge is -2.18. The van der Waals surface area contributed by atoms with Gasteiger partial charge in [-0.25, -0.2) is 0 Å². The number of hydrogen-bond donors (Lipinski definition) is 0. The maximum Gasteiger partial charge on any atom is 0.191 e. The van der Waals surface area contributed by atoms with Crippen molar-refractivity contribution in [1.82, 2.24) is 24.6 Å². The van der Waals surface area contributed by atoms with Crippen LogP contribution in [0, 0.1) is 0 Å². The molecule has 0 N–H and O–H groups in total. The first-order valence-electron chi connectivity index (χ1n) is 11.0. The van der Waals surface area contributed by atoms with Crippen molar-refractivity contribution in [3.8, 4) is 0 Å². The lowest BCUT2D eigenvalue weighted by molar-refractivity contribution is 0.0934. The first-order valence-corrected chi connectivity index (χ1v) is 12.8. The minimum atomic E-state index is 0.242. The molecular formula is C24H27N5OS2. The first kappa shape index (κ1) is 21.6. The van der Waals surface area contributed by atoms with Crippen LogP contribution in [0.3, 0.4) is 0 Å². The number of ether oxygens (including phenoxy) is 1. The van der Waals surface area contributed by atoms with Crippen LogP contribution in [0.5, 0.6) is 0 Å². The van der Waals surface area contributed by atoms with E-state index < -0.39 is 0 Å². The van der Waals surface area contributed by atoms with Crippen molar-refractivity contribution in [2.24, 2.45) is 0 Å². The normalized spacial score (nSPS) is 16.4. The molecule has 166 valence electrons. The Morgan fingerprint density at radius 3 is 2.88 bits per heavy atom. The van der Waals surface area contributed by atoms with Gasteiger partial charge in [0, 0.05) is 34.7 Å². The molecule has 4 heterocycles. The van der Waals surface area contributed by atoms with E-state index in [4.69, 9.17) is 4.74 Å². The third-order valence-corrected chi connectivity index (χ3v) is 7.69.